The van der Waals surface area contributed by atoms with Crippen LogP contribution in [0.15, 0.2) is 4.99 Å². The van der Waals surface area contributed by atoms with E-state index in [-0.39, 0.29) is 5.97 Å². The van der Waals surface area contributed by atoms with Crippen molar-refractivity contribution in [1.82, 2.24) is 10.6 Å². The summed E-state index contributed by atoms with van der Waals surface area (Å²) in [7, 11) is 0. The molecule has 0 rings (SSSR count). The van der Waals surface area contributed by atoms with Gasteiger partial charge in [0.1, 0.15) is 0 Å². The number of unbranched alkanes of at least 4 members (excludes halogenated alkanes) is 3. The van der Waals surface area contributed by atoms with Gasteiger partial charge in [-0.3, -0.25) is 9.79 Å². The van der Waals surface area contributed by atoms with E-state index in [9.17, 15) is 4.79 Å². The summed E-state index contributed by atoms with van der Waals surface area (Å²) in [5.41, 5.74) is 0. The Morgan fingerprint density at radius 1 is 1.09 bits per heavy atom. The SMILES string of the molecule is CCNC(=NCCCCCCC(=O)OCC)NC(C)C(C)C. The number of guanidine groups is 1. The van der Waals surface area contributed by atoms with Gasteiger partial charge in [0.25, 0.3) is 0 Å². The number of ether oxygens (including phenoxy) is 1. The summed E-state index contributed by atoms with van der Waals surface area (Å²) in [6.45, 7) is 12.7. The molecule has 0 aromatic rings. The van der Waals surface area contributed by atoms with Gasteiger partial charge in [-0.25, -0.2) is 0 Å². The van der Waals surface area contributed by atoms with Gasteiger partial charge in [-0.15, -0.1) is 0 Å². The van der Waals surface area contributed by atoms with Crippen molar-refractivity contribution < 1.29 is 9.53 Å². The number of hydrogen-bond acceptors (Lipinski definition) is 3. The Balaban J connectivity index is 3.83. The summed E-state index contributed by atoms with van der Waals surface area (Å²) in [5, 5.41) is 6.70. The Bertz CT molecular complexity index is 317. The highest BCUT2D eigenvalue weighted by molar-refractivity contribution is 5.80. The maximum atomic E-state index is 11.2. The molecule has 0 heterocycles. The van der Waals surface area contributed by atoms with Crippen LogP contribution in [0.4, 0.5) is 0 Å². The summed E-state index contributed by atoms with van der Waals surface area (Å²) < 4.78 is 4.91. The van der Waals surface area contributed by atoms with Crippen LogP contribution in [0.2, 0.25) is 0 Å². The molecule has 0 aliphatic carbocycles. The average molecular weight is 313 g/mol. The summed E-state index contributed by atoms with van der Waals surface area (Å²) in [4.78, 5) is 15.8. The number of carbonyl (C=O) groups excluding carboxylic acids is 1. The lowest BCUT2D eigenvalue weighted by atomic mass is 10.1. The Morgan fingerprint density at radius 3 is 2.36 bits per heavy atom. The van der Waals surface area contributed by atoms with Gasteiger partial charge < -0.3 is 15.4 Å². The molecule has 0 saturated carbocycles. The molecule has 0 aliphatic rings. The Labute approximate surface area is 136 Å². The minimum Gasteiger partial charge on any atom is -0.466 e. The molecular weight excluding hydrogens is 278 g/mol. The molecule has 1 atom stereocenters. The molecule has 0 fully saturated rings. The average Bonchev–Trinajstić information content (AvgIpc) is 2.46. The van der Waals surface area contributed by atoms with Gasteiger partial charge in [-0.05, 0) is 39.5 Å². The van der Waals surface area contributed by atoms with E-state index in [1.54, 1.807) is 0 Å². The Kier molecular flexibility index (Phi) is 12.6. The van der Waals surface area contributed by atoms with Gasteiger partial charge in [0.15, 0.2) is 5.96 Å². The van der Waals surface area contributed by atoms with E-state index in [2.05, 4.69) is 43.3 Å². The summed E-state index contributed by atoms with van der Waals surface area (Å²) >= 11 is 0. The standard InChI is InChI=1S/C17H35N3O2/c1-6-18-17(20-15(5)14(3)4)19-13-11-9-8-10-12-16(21)22-7-2/h14-15H,6-13H2,1-5H3,(H2,18,19,20). The molecule has 0 spiro atoms. The van der Waals surface area contributed by atoms with Crippen molar-refractivity contribution in [1.29, 1.82) is 0 Å². The molecule has 130 valence electrons. The molecule has 22 heavy (non-hydrogen) atoms. The second kappa shape index (κ2) is 13.4. The first kappa shape index (κ1) is 20.7. The fourth-order valence-electron chi connectivity index (χ4n) is 1.86. The lowest BCUT2D eigenvalue weighted by molar-refractivity contribution is -0.143. The number of esters is 1. The van der Waals surface area contributed by atoms with Crippen LogP contribution in [-0.4, -0.2) is 37.7 Å². The maximum absolute atomic E-state index is 11.2. The van der Waals surface area contributed by atoms with E-state index in [4.69, 9.17) is 4.74 Å². The van der Waals surface area contributed by atoms with Gasteiger partial charge in [-0.1, -0.05) is 26.7 Å². The number of nitrogens with zero attached hydrogens (tertiary/aromatic N) is 1. The van der Waals surface area contributed by atoms with E-state index in [0.29, 0.717) is 25.0 Å². The summed E-state index contributed by atoms with van der Waals surface area (Å²) in [6.07, 6.45) is 4.65. The number of carbonyl (C=O) groups is 1. The van der Waals surface area contributed by atoms with Gasteiger partial charge in [-0.2, -0.15) is 0 Å². The predicted octanol–water partition coefficient (Wildman–Crippen LogP) is 3.10. The highest BCUT2D eigenvalue weighted by Gasteiger charge is 2.08. The molecule has 0 radical (unpaired) electrons. The second-order valence-electron chi connectivity index (χ2n) is 5.91. The van der Waals surface area contributed by atoms with Gasteiger partial charge >= 0.3 is 5.97 Å². The molecule has 0 amide bonds. The van der Waals surface area contributed by atoms with Crippen LogP contribution in [0.5, 0.6) is 0 Å². The van der Waals surface area contributed by atoms with E-state index in [1.807, 2.05) is 6.92 Å². The van der Waals surface area contributed by atoms with Crippen molar-refractivity contribution >= 4 is 11.9 Å². The molecule has 0 aromatic carbocycles. The first-order chi connectivity index (χ1) is 10.5. The number of nitrogens with one attached hydrogen (secondary N) is 2. The molecule has 0 bridgehead atoms. The van der Waals surface area contributed by atoms with Crippen LogP contribution in [0.25, 0.3) is 0 Å². The minimum atomic E-state index is -0.0816. The van der Waals surface area contributed by atoms with Crippen molar-refractivity contribution in [3.8, 4) is 0 Å². The fraction of sp³-hybridized carbons (Fsp3) is 0.882. The zero-order chi connectivity index (χ0) is 16.8. The highest BCUT2D eigenvalue weighted by atomic mass is 16.5. The van der Waals surface area contributed by atoms with Crippen molar-refractivity contribution in [2.24, 2.45) is 10.9 Å². The highest BCUT2D eigenvalue weighted by Crippen LogP contribution is 2.04. The van der Waals surface area contributed by atoms with Crippen molar-refractivity contribution in [3.63, 3.8) is 0 Å². The van der Waals surface area contributed by atoms with Gasteiger partial charge in [0.2, 0.25) is 0 Å². The molecule has 2 N–H and O–H groups in total. The van der Waals surface area contributed by atoms with Crippen LogP contribution in [0, 0.1) is 5.92 Å². The zero-order valence-electron chi connectivity index (χ0n) is 15.1. The summed E-state index contributed by atoms with van der Waals surface area (Å²) in [6, 6.07) is 0.405. The third kappa shape index (κ3) is 11.4. The molecule has 0 saturated heterocycles. The topological polar surface area (TPSA) is 62.7 Å². The van der Waals surface area contributed by atoms with E-state index >= 15 is 0 Å². The molecule has 5 nitrogen and oxygen atoms in total. The first-order valence-corrected chi connectivity index (χ1v) is 8.71. The van der Waals surface area contributed by atoms with E-state index < -0.39 is 0 Å². The number of rotatable bonds is 11. The van der Waals surface area contributed by atoms with Crippen molar-refractivity contribution in [2.45, 2.75) is 72.8 Å². The third-order valence-electron chi connectivity index (χ3n) is 3.57. The maximum Gasteiger partial charge on any atom is 0.305 e. The number of aliphatic imine (C=N–C) groups is 1. The molecule has 1 unspecified atom stereocenters. The van der Waals surface area contributed by atoms with Crippen LogP contribution >= 0.6 is 0 Å². The monoisotopic (exact) mass is 313 g/mol. The van der Waals surface area contributed by atoms with Crippen molar-refractivity contribution in [2.75, 3.05) is 19.7 Å². The smallest absolute Gasteiger partial charge is 0.305 e. The van der Waals surface area contributed by atoms with Gasteiger partial charge in [0.05, 0.1) is 6.61 Å². The van der Waals surface area contributed by atoms with Crippen LogP contribution < -0.4 is 10.6 Å². The second-order valence-corrected chi connectivity index (χ2v) is 5.91. The lowest BCUT2D eigenvalue weighted by Crippen LogP contribution is -2.44. The molecule has 0 aromatic heterocycles. The van der Waals surface area contributed by atoms with E-state index in [1.165, 1.54) is 0 Å². The quantitative estimate of drug-likeness (QED) is 0.266. The largest absolute Gasteiger partial charge is 0.466 e. The fourth-order valence-corrected chi connectivity index (χ4v) is 1.86. The Hall–Kier alpha value is -1.26. The van der Waals surface area contributed by atoms with Crippen LogP contribution in [0.1, 0.15) is 66.7 Å². The molecular formula is C17H35N3O2. The molecule has 5 heteroatoms. The van der Waals surface area contributed by atoms with Crippen LogP contribution in [0.3, 0.4) is 0 Å². The lowest BCUT2D eigenvalue weighted by Gasteiger charge is -2.20. The predicted molar refractivity (Wildman–Crippen MR) is 93.1 cm³/mol. The zero-order valence-corrected chi connectivity index (χ0v) is 15.1. The Morgan fingerprint density at radius 2 is 1.77 bits per heavy atom. The third-order valence-corrected chi connectivity index (χ3v) is 3.57. The minimum absolute atomic E-state index is 0.0816. The molecule has 0 aliphatic heterocycles. The summed E-state index contributed by atoms with van der Waals surface area (Å²) in [5.74, 6) is 1.39. The van der Waals surface area contributed by atoms with E-state index in [0.717, 1.165) is 44.7 Å². The van der Waals surface area contributed by atoms with Crippen LogP contribution in [-0.2, 0) is 9.53 Å². The normalized spacial score (nSPS) is 13.1. The number of hydrogen-bond donors (Lipinski definition) is 2. The van der Waals surface area contributed by atoms with Gasteiger partial charge in [0, 0.05) is 25.6 Å². The first-order valence-electron chi connectivity index (χ1n) is 8.71. The van der Waals surface area contributed by atoms with Crippen molar-refractivity contribution in [3.05, 3.63) is 0 Å².